The third-order valence-corrected chi connectivity index (χ3v) is 5.19. The lowest BCUT2D eigenvalue weighted by atomic mass is 10.1. The van der Waals surface area contributed by atoms with Crippen LogP contribution in [-0.4, -0.2) is 32.3 Å². The maximum atomic E-state index is 12.8. The highest BCUT2D eigenvalue weighted by molar-refractivity contribution is 7.98. The van der Waals surface area contributed by atoms with E-state index in [1.165, 1.54) is 0 Å². The van der Waals surface area contributed by atoms with Crippen LogP contribution < -0.4 is 5.32 Å². The van der Waals surface area contributed by atoms with E-state index >= 15 is 0 Å². The number of thioether (sulfide) groups is 1. The third-order valence-electron chi connectivity index (χ3n) is 4.54. The molecule has 0 aliphatic heterocycles. The van der Waals surface area contributed by atoms with Crippen LogP contribution in [-0.2, 0) is 11.3 Å². The zero-order valence-corrected chi connectivity index (χ0v) is 16.9. The molecule has 27 heavy (non-hydrogen) atoms. The zero-order chi connectivity index (χ0) is 19.2. The minimum absolute atomic E-state index is 0.0199. The van der Waals surface area contributed by atoms with Crippen LogP contribution in [0, 0.1) is 13.8 Å². The average Bonchev–Trinajstić information content (AvgIpc) is 3.27. The largest absolute Gasteiger partial charge is 0.342 e. The standard InChI is InChI=1S/C21H26N4OS/c1-16-14-17(2)25(23-16)15-18-6-8-19(9-7-18)22-21(26)20(10-13-27-3)24-11-4-5-12-24/h4-9,11-12,14,20H,10,13,15H2,1-3H3,(H,22,26)/t20-/m0/s1. The van der Waals surface area contributed by atoms with E-state index < -0.39 is 0 Å². The lowest BCUT2D eigenvalue weighted by Gasteiger charge is -2.18. The Morgan fingerprint density at radius 1 is 1.19 bits per heavy atom. The van der Waals surface area contributed by atoms with E-state index in [0.29, 0.717) is 0 Å². The number of carbonyl (C=O) groups is 1. The van der Waals surface area contributed by atoms with Crippen molar-refractivity contribution in [3.8, 4) is 0 Å². The van der Waals surface area contributed by atoms with Gasteiger partial charge < -0.3 is 9.88 Å². The van der Waals surface area contributed by atoms with Crippen molar-refractivity contribution >= 4 is 23.4 Å². The van der Waals surface area contributed by atoms with Crippen LogP contribution in [0.1, 0.15) is 29.4 Å². The Bertz CT molecular complexity index is 868. The van der Waals surface area contributed by atoms with E-state index in [4.69, 9.17) is 0 Å². The van der Waals surface area contributed by atoms with Crippen LogP contribution in [0.25, 0.3) is 0 Å². The molecule has 2 aromatic heterocycles. The minimum Gasteiger partial charge on any atom is -0.342 e. The molecule has 5 nitrogen and oxygen atoms in total. The minimum atomic E-state index is -0.193. The summed E-state index contributed by atoms with van der Waals surface area (Å²) in [4.78, 5) is 12.8. The quantitative estimate of drug-likeness (QED) is 0.632. The van der Waals surface area contributed by atoms with Crippen LogP contribution in [0.3, 0.4) is 0 Å². The first-order chi connectivity index (χ1) is 13.1. The van der Waals surface area contributed by atoms with E-state index in [-0.39, 0.29) is 11.9 Å². The first-order valence-corrected chi connectivity index (χ1v) is 10.5. The van der Waals surface area contributed by atoms with Crippen molar-refractivity contribution in [2.24, 2.45) is 0 Å². The molecular weight excluding hydrogens is 356 g/mol. The Morgan fingerprint density at radius 2 is 1.89 bits per heavy atom. The normalized spacial score (nSPS) is 12.1. The van der Waals surface area contributed by atoms with Gasteiger partial charge in [-0.3, -0.25) is 9.48 Å². The molecule has 0 aliphatic rings. The summed E-state index contributed by atoms with van der Waals surface area (Å²) in [5.74, 6) is 0.962. The van der Waals surface area contributed by atoms with E-state index in [9.17, 15) is 4.79 Å². The van der Waals surface area contributed by atoms with E-state index in [2.05, 4.69) is 29.7 Å². The number of carbonyl (C=O) groups excluding carboxylic acids is 1. The molecule has 1 N–H and O–H groups in total. The van der Waals surface area contributed by atoms with Crippen molar-refractivity contribution in [2.75, 3.05) is 17.3 Å². The Labute approximate surface area is 164 Å². The molecule has 0 aliphatic carbocycles. The molecule has 3 aromatic rings. The first-order valence-electron chi connectivity index (χ1n) is 9.09. The molecule has 2 heterocycles. The number of rotatable bonds is 8. The van der Waals surface area contributed by atoms with Gasteiger partial charge in [0.15, 0.2) is 0 Å². The molecule has 6 heteroatoms. The number of anilines is 1. The van der Waals surface area contributed by atoms with Crippen LogP contribution in [0.5, 0.6) is 0 Å². The summed E-state index contributed by atoms with van der Waals surface area (Å²) in [7, 11) is 0. The van der Waals surface area contributed by atoms with E-state index in [1.807, 2.05) is 65.0 Å². The number of aryl methyl sites for hydroxylation is 2. The number of nitrogens with one attached hydrogen (secondary N) is 1. The monoisotopic (exact) mass is 382 g/mol. The number of amides is 1. The average molecular weight is 383 g/mol. The summed E-state index contributed by atoms with van der Waals surface area (Å²) in [6, 6.07) is 13.8. The van der Waals surface area contributed by atoms with E-state index in [0.717, 1.165) is 41.4 Å². The van der Waals surface area contributed by atoms with Gasteiger partial charge in [0.2, 0.25) is 5.91 Å². The van der Waals surface area contributed by atoms with Crippen molar-refractivity contribution in [1.82, 2.24) is 14.3 Å². The molecule has 0 bridgehead atoms. The maximum Gasteiger partial charge on any atom is 0.247 e. The molecule has 1 atom stereocenters. The predicted octanol–water partition coefficient (Wildman–Crippen LogP) is 4.28. The Morgan fingerprint density at radius 3 is 2.48 bits per heavy atom. The van der Waals surface area contributed by atoms with Gasteiger partial charge in [0.25, 0.3) is 0 Å². The molecule has 1 aromatic carbocycles. The highest BCUT2D eigenvalue weighted by Gasteiger charge is 2.19. The number of hydrogen-bond donors (Lipinski definition) is 1. The Hall–Kier alpha value is -2.47. The van der Waals surface area contributed by atoms with Crippen molar-refractivity contribution in [1.29, 1.82) is 0 Å². The first kappa shape index (κ1) is 19.3. The second-order valence-electron chi connectivity index (χ2n) is 6.70. The highest BCUT2D eigenvalue weighted by atomic mass is 32.2. The fourth-order valence-electron chi connectivity index (χ4n) is 3.13. The lowest BCUT2D eigenvalue weighted by molar-refractivity contribution is -0.119. The molecular formula is C21H26N4OS. The van der Waals surface area contributed by atoms with Gasteiger partial charge in [-0.25, -0.2) is 0 Å². The fraction of sp³-hybridized carbons (Fsp3) is 0.333. The van der Waals surface area contributed by atoms with E-state index in [1.54, 1.807) is 11.8 Å². The molecule has 0 radical (unpaired) electrons. The number of nitrogens with zero attached hydrogens (tertiary/aromatic N) is 3. The van der Waals surface area contributed by atoms with Crippen LogP contribution in [0.4, 0.5) is 5.69 Å². The number of hydrogen-bond acceptors (Lipinski definition) is 3. The summed E-state index contributed by atoms with van der Waals surface area (Å²) in [5.41, 5.74) is 4.15. The highest BCUT2D eigenvalue weighted by Crippen LogP contribution is 2.19. The number of benzene rings is 1. The Balaban J connectivity index is 1.66. The Kier molecular flexibility index (Phi) is 6.40. The van der Waals surface area contributed by atoms with Crippen molar-refractivity contribution < 1.29 is 4.79 Å². The summed E-state index contributed by atoms with van der Waals surface area (Å²) in [5, 5.41) is 7.55. The second kappa shape index (κ2) is 8.95. The van der Waals surface area contributed by atoms with Crippen molar-refractivity contribution in [2.45, 2.75) is 32.9 Å². The summed E-state index contributed by atoms with van der Waals surface area (Å²) < 4.78 is 3.97. The summed E-state index contributed by atoms with van der Waals surface area (Å²) in [6.07, 6.45) is 6.76. The molecule has 3 rings (SSSR count). The number of aromatic nitrogens is 3. The van der Waals surface area contributed by atoms with Gasteiger partial charge in [-0.2, -0.15) is 16.9 Å². The van der Waals surface area contributed by atoms with Crippen LogP contribution >= 0.6 is 11.8 Å². The van der Waals surface area contributed by atoms with Gasteiger partial charge in [-0.05, 0) is 68.2 Å². The van der Waals surface area contributed by atoms with Gasteiger partial charge in [0, 0.05) is 23.8 Å². The second-order valence-corrected chi connectivity index (χ2v) is 7.68. The van der Waals surface area contributed by atoms with Gasteiger partial charge in [-0.1, -0.05) is 12.1 Å². The molecule has 142 valence electrons. The lowest BCUT2D eigenvalue weighted by Crippen LogP contribution is -2.25. The molecule has 1 amide bonds. The van der Waals surface area contributed by atoms with Crippen molar-refractivity contribution in [3.05, 3.63) is 71.8 Å². The molecule has 0 spiro atoms. The molecule has 0 fully saturated rings. The molecule has 0 saturated carbocycles. The molecule has 0 saturated heterocycles. The van der Waals surface area contributed by atoms with Gasteiger partial charge in [0.05, 0.1) is 12.2 Å². The smallest absolute Gasteiger partial charge is 0.247 e. The van der Waals surface area contributed by atoms with Gasteiger partial charge >= 0.3 is 0 Å². The topological polar surface area (TPSA) is 51.9 Å². The van der Waals surface area contributed by atoms with Gasteiger partial charge in [-0.15, -0.1) is 0 Å². The van der Waals surface area contributed by atoms with Gasteiger partial charge in [0.1, 0.15) is 6.04 Å². The van der Waals surface area contributed by atoms with Crippen LogP contribution in [0.15, 0.2) is 54.9 Å². The summed E-state index contributed by atoms with van der Waals surface area (Å²) >= 11 is 1.76. The zero-order valence-electron chi connectivity index (χ0n) is 16.1. The molecule has 0 unspecified atom stereocenters. The maximum absolute atomic E-state index is 12.8. The third kappa shape index (κ3) is 5.04. The van der Waals surface area contributed by atoms with Crippen molar-refractivity contribution in [3.63, 3.8) is 0 Å². The fourth-order valence-corrected chi connectivity index (χ4v) is 3.59. The summed E-state index contributed by atoms with van der Waals surface area (Å²) in [6.45, 7) is 4.79. The predicted molar refractivity (Wildman–Crippen MR) is 112 cm³/mol. The van der Waals surface area contributed by atoms with Crippen LogP contribution in [0.2, 0.25) is 0 Å². The SMILES string of the molecule is CSCC[C@@H](C(=O)Nc1ccc(Cn2nc(C)cc2C)cc1)n1cccc1.